The van der Waals surface area contributed by atoms with Gasteiger partial charge >= 0.3 is 0 Å². The molecule has 0 fully saturated rings. The number of rotatable bonds is 8. The number of para-hydroxylation sites is 1. The van der Waals surface area contributed by atoms with E-state index in [-0.39, 0.29) is 24.0 Å². The first-order valence-electron chi connectivity index (χ1n) is 7.67. The molecule has 126 valence electrons. The summed E-state index contributed by atoms with van der Waals surface area (Å²) in [5, 5.41) is 14.7. The van der Waals surface area contributed by atoms with E-state index in [1.165, 1.54) is 12.1 Å². The summed E-state index contributed by atoms with van der Waals surface area (Å²) < 4.78 is 5.44. The molecule has 2 rings (SSSR count). The fourth-order valence-corrected chi connectivity index (χ4v) is 1.99. The van der Waals surface area contributed by atoms with E-state index in [0.717, 1.165) is 5.75 Å². The van der Waals surface area contributed by atoms with Gasteiger partial charge in [-0.2, -0.15) is 0 Å². The summed E-state index contributed by atoms with van der Waals surface area (Å²) in [7, 11) is 0. The van der Waals surface area contributed by atoms with Gasteiger partial charge in [0.2, 0.25) is 5.91 Å². The predicted octanol–water partition coefficient (Wildman–Crippen LogP) is 1.71. The summed E-state index contributed by atoms with van der Waals surface area (Å²) in [6.07, 6.45) is 0.245. The number of aromatic hydroxyl groups is 1. The highest BCUT2D eigenvalue weighted by molar-refractivity contribution is 5.94. The Bertz CT molecular complexity index is 674. The van der Waals surface area contributed by atoms with Crippen LogP contribution < -0.4 is 15.4 Å². The minimum atomic E-state index is -0.299. The number of phenols is 1. The number of nitrogens with one attached hydrogen (secondary N) is 2. The van der Waals surface area contributed by atoms with E-state index < -0.39 is 0 Å². The Morgan fingerprint density at radius 3 is 2.46 bits per heavy atom. The molecule has 6 heteroatoms. The minimum Gasteiger partial charge on any atom is -0.508 e. The summed E-state index contributed by atoms with van der Waals surface area (Å²) in [6.45, 7) is 0.931. The Morgan fingerprint density at radius 2 is 1.71 bits per heavy atom. The van der Waals surface area contributed by atoms with Crippen molar-refractivity contribution in [1.82, 2.24) is 10.6 Å². The normalized spacial score (nSPS) is 10.0. The maximum Gasteiger partial charge on any atom is 0.251 e. The third kappa shape index (κ3) is 6.00. The summed E-state index contributed by atoms with van der Waals surface area (Å²) >= 11 is 0. The van der Waals surface area contributed by atoms with Crippen LogP contribution in [0.2, 0.25) is 0 Å². The van der Waals surface area contributed by atoms with Gasteiger partial charge in [0.25, 0.3) is 5.91 Å². The van der Waals surface area contributed by atoms with Crippen LogP contribution in [0.3, 0.4) is 0 Å². The van der Waals surface area contributed by atoms with Crippen molar-refractivity contribution >= 4 is 11.8 Å². The van der Waals surface area contributed by atoms with Gasteiger partial charge in [0.1, 0.15) is 11.5 Å². The number of carbonyl (C=O) groups is 2. The maximum atomic E-state index is 11.8. The molecule has 24 heavy (non-hydrogen) atoms. The van der Waals surface area contributed by atoms with Crippen LogP contribution in [-0.2, 0) is 4.79 Å². The van der Waals surface area contributed by atoms with E-state index in [9.17, 15) is 14.7 Å². The number of benzene rings is 2. The van der Waals surface area contributed by atoms with Crippen molar-refractivity contribution in [3.63, 3.8) is 0 Å². The standard InChI is InChI=1S/C18H20N2O4/c21-15-6-4-5-14(13-15)18(23)20-11-10-19-17(22)9-12-24-16-7-2-1-3-8-16/h1-8,13,21H,9-12H2,(H,19,22)(H,20,23). The molecule has 0 aliphatic heterocycles. The van der Waals surface area contributed by atoms with Crippen molar-refractivity contribution in [2.24, 2.45) is 0 Å². The molecule has 0 aliphatic rings. The van der Waals surface area contributed by atoms with Crippen LogP contribution in [0.25, 0.3) is 0 Å². The summed E-state index contributed by atoms with van der Waals surface area (Å²) in [5.74, 6) is 0.322. The molecule has 2 aromatic carbocycles. The van der Waals surface area contributed by atoms with Crippen molar-refractivity contribution in [2.75, 3.05) is 19.7 Å². The van der Waals surface area contributed by atoms with E-state index in [1.807, 2.05) is 30.3 Å². The summed E-state index contributed by atoms with van der Waals surface area (Å²) in [5.41, 5.74) is 0.373. The molecule has 0 saturated carbocycles. The topological polar surface area (TPSA) is 87.7 Å². The van der Waals surface area contributed by atoms with Gasteiger partial charge in [-0.3, -0.25) is 9.59 Å². The molecular weight excluding hydrogens is 308 g/mol. The monoisotopic (exact) mass is 328 g/mol. The van der Waals surface area contributed by atoms with E-state index in [1.54, 1.807) is 12.1 Å². The lowest BCUT2D eigenvalue weighted by Crippen LogP contribution is -2.35. The molecule has 0 atom stereocenters. The smallest absolute Gasteiger partial charge is 0.251 e. The summed E-state index contributed by atoms with van der Waals surface area (Å²) in [4.78, 5) is 23.5. The Balaban J connectivity index is 1.58. The molecule has 2 aromatic rings. The lowest BCUT2D eigenvalue weighted by atomic mass is 10.2. The fraction of sp³-hybridized carbons (Fsp3) is 0.222. The minimum absolute atomic E-state index is 0.0365. The van der Waals surface area contributed by atoms with Crippen LogP contribution in [0.4, 0.5) is 0 Å². The van der Waals surface area contributed by atoms with Crippen LogP contribution in [0.5, 0.6) is 11.5 Å². The van der Waals surface area contributed by atoms with E-state index in [4.69, 9.17) is 4.74 Å². The largest absolute Gasteiger partial charge is 0.508 e. The number of amides is 2. The zero-order valence-corrected chi connectivity index (χ0v) is 13.2. The van der Waals surface area contributed by atoms with Gasteiger partial charge in [-0.05, 0) is 30.3 Å². The first-order chi connectivity index (χ1) is 11.6. The molecule has 0 heterocycles. The number of hydrogen-bond donors (Lipinski definition) is 3. The molecule has 0 aliphatic carbocycles. The Labute approximate surface area is 140 Å². The number of carbonyl (C=O) groups excluding carboxylic acids is 2. The van der Waals surface area contributed by atoms with Crippen molar-refractivity contribution < 1.29 is 19.4 Å². The molecule has 0 unspecified atom stereocenters. The van der Waals surface area contributed by atoms with Crippen molar-refractivity contribution in [2.45, 2.75) is 6.42 Å². The first-order valence-corrected chi connectivity index (χ1v) is 7.67. The van der Waals surface area contributed by atoms with E-state index in [0.29, 0.717) is 25.3 Å². The zero-order valence-electron chi connectivity index (χ0n) is 13.2. The predicted molar refractivity (Wildman–Crippen MR) is 90.0 cm³/mol. The highest BCUT2D eigenvalue weighted by atomic mass is 16.5. The van der Waals surface area contributed by atoms with Gasteiger partial charge in [0, 0.05) is 18.7 Å². The number of phenolic OH excluding ortho intramolecular Hbond substituents is 1. The second-order valence-electron chi connectivity index (χ2n) is 5.07. The van der Waals surface area contributed by atoms with Gasteiger partial charge in [-0.15, -0.1) is 0 Å². The van der Waals surface area contributed by atoms with Crippen LogP contribution in [0.1, 0.15) is 16.8 Å². The second kappa shape index (κ2) is 9.19. The molecule has 6 nitrogen and oxygen atoms in total. The van der Waals surface area contributed by atoms with Crippen molar-refractivity contribution in [3.05, 3.63) is 60.2 Å². The highest BCUT2D eigenvalue weighted by Crippen LogP contribution is 2.10. The lowest BCUT2D eigenvalue weighted by Gasteiger charge is -2.08. The molecule has 3 N–H and O–H groups in total. The van der Waals surface area contributed by atoms with Crippen LogP contribution in [-0.4, -0.2) is 36.6 Å². The van der Waals surface area contributed by atoms with Gasteiger partial charge in [-0.25, -0.2) is 0 Å². The van der Waals surface area contributed by atoms with Gasteiger partial charge in [-0.1, -0.05) is 24.3 Å². The highest BCUT2D eigenvalue weighted by Gasteiger charge is 2.06. The molecule has 0 spiro atoms. The quantitative estimate of drug-likeness (QED) is 0.644. The third-order valence-corrected chi connectivity index (χ3v) is 3.18. The molecule has 0 aromatic heterocycles. The lowest BCUT2D eigenvalue weighted by molar-refractivity contribution is -0.121. The zero-order chi connectivity index (χ0) is 17.2. The third-order valence-electron chi connectivity index (χ3n) is 3.18. The van der Waals surface area contributed by atoms with Crippen LogP contribution in [0.15, 0.2) is 54.6 Å². The Morgan fingerprint density at radius 1 is 0.958 bits per heavy atom. The molecule has 0 radical (unpaired) electrons. The number of hydrogen-bond acceptors (Lipinski definition) is 4. The summed E-state index contributed by atoms with van der Waals surface area (Å²) in [6, 6.07) is 15.4. The average molecular weight is 328 g/mol. The SMILES string of the molecule is O=C(CCOc1ccccc1)NCCNC(=O)c1cccc(O)c1. The second-order valence-corrected chi connectivity index (χ2v) is 5.07. The van der Waals surface area contributed by atoms with Crippen LogP contribution in [0, 0.1) is 0 Å². The molecule has 2 amide bonds. The molecule has 0 bridgehead atoms. The number of ether oxygens (including phenoxy) is 1. The average Bonchev–Trinajstić information content (AvgIpc) is 2.59. The fourth-order valence-electron chi connectivity index (χ4n) is 1.99. The van der Waals surface area contributed by atoms with Gasteiger partial charge in [0.05, 0.1) is 13.0 Å². The van der Waals surface area contributed by atoms with Crippen molar-refractivity contribution in [3.8, 4) is 11.5 Å². The van der Waals surface area contributed by atoms with Gasteiger partial charge < -0.3 is 20.5 Å². The molecule has 0 saturated heterocycles. The Kier molecular flexibility index (Phi) is 6.64. The van der Waals surface area contributed by atoms with Crippen LogP contribution >= 0.6 is 0 Å². The molecular formula is C18H20N2O4. The maximum absolute atomic E-state index is 11.8. The van der Waals surface area contributed by atoms with Crippen molar-refractivity contribution in [1.29, 1.82) is 0 Å². The van der Waals surface area contributed by atoms with Gasteiger partial charge in [0.15, 0.2) is 0 Å². The van der Waals surface area contributed by atoms with E-state index in [2.05, 4.69) is 10.6 Å². The van der Waals surface area contributed by atoms with E-state index >= 15 is 0 Å². The Hall–Kier alpha value is -3.02. The first kappa shape index (κ1) is 17.3.